The van der Waals surface area contributed by atoms with E-state index in [2.05, 4.69) is 13.8 Å². The summed E-state index contributed by atoms with van der Waals surface area (Å²) in [4.78, 5) is 0. The van der Waals surface area contributed by atoms with Crippen molar-refractivity contribution in [2.45, 2.75) is 58.0 Å². The molecule has 0 saturated heterocycles. The van der Waals surface area contributed by atoms with Gasteiger partial charge in [0.2, 0.25) is 0 Å². The quantitative estimate of drug-likeness (QED) is 0.730. The van der Waals surface area contributed by atoms with Crippen molar-refractivity contribution in [2.75, 3.05) is 6.54 Å². The van der Waals surface area contributed by atoms with E-state index in [0.29, 0.717) is 6.54 Å². The number of aliphatic hydroxyl groups is 1. The van der Waals surface area contributed by atoms with Crippen LogP contribution in [-0.4, -0.2) is 17.3 Å². The lowest BCUT2D eigenvalue weighted by molar-refractivity contribution is -0.0513. The molecule has 2 nitrogen and oxygen atoms in total. The third-order valence-corrected chi connectivity index (χ3v) is 3.94. The molecule has 1 aliphatic carbocycles. The molecular weight excluding hydrogens is 174 g/mol. The molecule has 1 rings (SSSR count). The van der Waals surface area contributed by atoms with Crippen LogP contribution in [-0.2, 0) is 0 Å². The van der Waals surface area contributed by atoms with Gasteiger partial charge in [0.15, 0.2) is 0 Å². The maximum absolute atomic E-state index is 10.3. The fraction of sp³-hybridized carbons (Fsp3) is 1.00. The third-order valence-electron chi connectivity index (χ3n) is 3.94. The van der Waals surface area contributed by atoms with Crippen molar-refractivity contribution in [1.29, 1.82) is 0 Å². The standard InChI is InChI=1S/C12H25NO/c1-3-4-11-5-7-12(14,8-6-11)10(2)9-13/h10-11,14H,3-9,13H2,1-2H3. The van der Waals surface area contributed by atoms with Crippen molar-refractivity contribution in [1.82, 2.24) is 0 Å². The number of rotatable bonds is 4. The largest absolute Gasteiger partial charge is 0.390 e. The van der Waals surface area contributed by atoms with E-state index in [9.17, 15) is 5.11 Å². The molecule has 3 N–H and O–H groups in total. The van der Waals surface area contributed by atoms with Gasteiger partial charge in [0.1, 0.15) is 0 Å². The van der Waals surface area contributed by atoms with Crippen LogP contribution in [0.5, 0.6) is 0 Å². The molecule has 0 aromatic carbocycles. The highest BCUT2D eigenvalue weighted by Gasteiger charge is 2.36. The van der Waals surface area contributed by atoms with E-state index in [1.807, 2.05) is 0 Å². The molecule has 0 amide bonds. The summed E-state index contributed by atoms with van der Waals surface area (Å²) in [6.07, 6.45) is 6.89. The van der Waals surface area contributed by atoms with Crippen LogP contribution in [0.3, 0.4) is 0 Å². The molecule has 0 aromatic heterocycles. The molecule has 1 saturated carbocycles. The van der Waals surface area contributed by atoms with Gasteiger partial charge in [-0.3, -0.25) is 0 Å². The normalized spacial score (nSPS) is 35.6. The number of nitrogens with two attached hydrogens (primary N) is 1. The van der Waals surface area contributed by atoms with Crippen LogP contribution in [0, 0.1) is 11.8 Å². The van der Waals surface area contributed by atoms with Gasteiger partial charge in [0.05, 0.1) is 5.60 Å². The van der Waals surface area contributed by atoms with Crippen LogP contribution in [0.4, 0.5) is 0 Å². The minimum Gasteiger partial charge on any atom is -0.390 e. The first-order chi connectivity index (χ1) is 6.62. The van der Waals surface area contributed by atoms with Gasteiger partial charge in [-0.25, -0.2) is 0 Å². The van der Waals surface area contributed by atoms with Crippen molar-refractivity contribution in [2.24, 2.45) is 17.6 Å². The molecule has 0 aliphatic heterocycles. The van der Waals surface area contributed by atoms with Crippen LogP contribution in [0.2, 0.25) is 0 Å². The first-order valence-corrected chi connectivity index (χ1v) is 6.05. The molecule has 84 valence electrons. The molecule has 14 heavy (non-hydrogen) atoms. The van der Waals surface area contributed by atoms with Gasteiger partial charge in [-0.2, -0.15) is 0 Å². The fourth-order valence-electron chi connectivity index (χ4n) is 2.59. The van der Waals surface area contributed by atoms with E-state index in [4.69, 9.17) is 5.73 Å². The first-order valence-electron chi connectivity index (χ1n) is 6.05. The lowest BCUT2D eigenvalue weighted by atomic mass is 9.72. The summed E-state index contributed by atoms with van der Waals surface area (Å²) in [5.74, 6) is 1.11. The summed E-state index contributed by atoms with van der Waals surface area (Å²) in [5.41, 5.74) is 5.16. The Morgan fingerprint density at radius 2 is 2.00 bits per heavy atom. The third kappa shape index (κ3) is 2.71. The SMILES string of the molecule is CCCC1CCC(O)(C(C)CN)CC1. The van der Waals surface area contributed by atoms with Crippen molar-refractivity contribution in [3.8, 4) is 0 Å². The van der Waals surface area contributed by atoms with Gasteiger partial charge in [-0.15, -0.1) is 0 Å². The van der Waals surface area contributed by atoms with Gasteiger partial charge >= 0.3 is 0 Å². The fourth-order valence-corrected chi connectivity index (χ4v) is 2.59. The van der Waals surface area contributed by atoms with Gasteiger partial charge in [0.25, 0.3) is 0 Å². The Bertz CT molecular complexity index is 162. The second kappa shape index (κ2) is 5.13. The molecule has 0 aromatic rings. The number of hydrogen-bond donors (Lipinski definition) is 2. The van der Waals surface area contributed by atoms with E-state index < -0.39 is 5.60 Å². The summed E-state index contributed by atoms with van der Waals surface area (Å²) in [6, 6.07) is 0. The van der Waals surface area contributed by atoms with Gasteiger partial charge in [-0.1, -0.05) is 26.7 Å². The van der Waals surface area contributed by atoms with Crippen LogP contribution >= 0.6 is 0 Å². The van der Waals surface area contributed by atoms with E-state index in [0.717, 1.165) is 18.8 Å². The maximum Gasteiger partial charge on any atom is 0.0685 e. The number of hydrogen-bond acceptors (Lipinski definition) is 2. The monoisotopic (exact) mass is 199 g/mol. The van der Waals surface area contributed by atoms with Gasteiger partial charge < -0.3 is 10.8 Å². The molecule has 2 heteroatoms. The summed E-state index contributed by atoms with van der Waals surface area (Å²) in [7, 11) is 0. The summed E-state index contributed by atoms with van der Waals surface area (Å²) in [6.45, 7) is 4.92. The van der Waals surface area contributed by atoms with Crippen molar-refractivity contribution < 1.29 is 5.11 Å². The first kappa shape index (κ1) is 12.0. The highest BCUT2D eigenvalue weighted by Crippen LogP contribution is 2.38. The Morgan fingerprint density at radius 1 is 1.43 bits per heavy atom. The molecule has 1 unspecified atom stereocenters. The second-order valence-electron chi connectivity index (χ2n) is 4.97. The highest BCUT2D eigenvalue weighted by atomic mass is 16.3. The predicted octanol–water partition coefficient (Wildman–Crippen LogP) is 2.30. The van der Waals surface area contributed by atoms with E-state index in [1.54, 1.807) is 0 Å². The molecule has 1 fully saturated rings. The Labute approximate surface area is 87.9 Å². The van der Waals surface area contributed by atoms with Crippen LogP contribution < -0.4 is 5.73 Å². The maximum atomic E-state index is 10.3. The zero-order valence-electron chi connectivity index (χ0n) is 9.63. The Morgan fingerprint density at radius 3 is 2.43 bits per heavy atom. The van der Waals surface area contributed by atoms with Crippen molar-refractivity contribution >= 4 is 0 Å². The zero-order valence-corrected chi connectivity index (χ0v) is 9.63. The highest BCUT2D eigenvalue weighted by molar-refractivity contribution is 4.89. The minimum absolute atomic E-state index is 0.255. The summed E-state index contributed by atoms with van der Waals surface area (Å²) in [5, 5.41) is 10.3. The average molecular weight is 199 g/mol. The second-order valence-corrected chi connectivity index (χ2v) is 4.97. The molecule has 1 aliphatic rings. The van der Waals surface area contributed by atoms with Crippen LogP contribution in [0.1, 0.15) is 52.4 Å². The predicted molar refractivity (Wildman–Crippen MR) is 60.0 cm³/mol. The van der Waals surface area contributed by atoms with Gasteiger partial charge in [-0.05, 0) is 44.1 Å². The van der Waals surface area contributed by atoms with Crippen molar-refractivity contribution in [3.05, 3.63) is 0 Å². The Balaban J connectivity index is 2.40. The van der Waals surface area contributed by atoms with Crippen LogP contribution in [0.15, 0.2) is 0 Å². The molecule has 0 radical (unpaired) electrons. The van der Waals surface area contributed by atoms with E-state index in [1.165, 1.54) is 25.7 Å². The lowest BCUT2D eigenvalue weighted by Crippen LogP contribution is -2.43. The van der Waals surface area contributed by atoms with Crippen molar-refractivity contribution in [3.63, 3.8) is 0 Å². The topological polar surface area (TPSA) is 46.2 Å². The summed E-state index contributed by atoms with van der Waals surface area (Å²) >= 11 is 0. The Kier molecular flexibility index (Phi) is 4.39. The average Bonchev–Trinajstić information content (AvgIpc) is 2.21. The summed E-state index contributed by atoms with van der Waals surface area (Å²) < 4.78 is 0. The smallest absolute Gasteiger partial charge is 0.0685 e. The molecule has 0 spiro atoms. The molecular formula is C12H25NO. The Hall–Kier alpha value is -0.0800. The van der Waals surface area contributed by atoms with E-state index >= 15 is 0 Å². The van der Waals surface area contributed by atoms with E-state index in [-0.39, 0.29) is 5.92 Å². The molecule has 0 heterocycles. The minimum atomic E-state index is -0.459. The molecule has 0 bridgehead atoms. The molecule has 1 atom stereocenters. The van der Waals surface area contributed by atoms with Gasteiger partial charge in [0, 0.05) is 0 Å². The van der Waals surface area contributed by atoms with Crippen LogP contribution in [0.25, 0.3) is 0 Å². The lowest BCUT2D eigenvalue weighted by Gasteiger charge is -2.40. The zero-order chi connectivity index (χ0) is 10.6.